The molecule has 0 bridgehead atoms. The van der Waals surface area contributed by atoms with Gasteiger partial charge in [0.2, 0.25) is 0 Å². The van der Waals surface area contributed by atoms with Crippen molar-refractivity contribution < 1.29 is 4.79 Å². The van der Waals surface area contributed by atoms with Gasteiger partial charge in [-0.05, 0) is 50.1 Å². The van der Waals surface area contributed by atoms with E-state index in [1.807, 2.05) is 36.2 Å². The fraction of sp³-hybridized carbons (Fsp3) is 0.533. The predicted octanol–water partition coefficient (Wildman–Crippen LogP) is 3.05. The van der Waals surface area contributed by atoms with Gasteiger partial charge >= 0.3 is 0 Å². The lowest BCUT2D eigenvalue weighted by atomic mass is 10.0. The van der Waals surface area contributed by atoms with Crippen molar-refractivity contribution in [2.75, 3.05) is 20.1 Å². The van der Waals surface area contributed by atoms with Crippen LogP contribution in [0.2, 0.25) is 0 Å². The van der Waals surface area contributed by atoms with Gasteiger partial charge in [-0.15, -0.1) is 0 Å². The van der Waals surface area contributed by atoms with Crippen molar-refractivity contribution in [2.24, 2.45) is 0 Å². The molecule has 1 fully saturated rings. The molecule has 1 aromatic carbocycles. The van der Waals surface area contributed by atoms with E-state index in [9.17, 15) is 4.79 Å². The van der Waals surface area contributed by atoms with Crippen LogP contribution >= 0.6 is 15.9 Å². The van der Waals surface area contributed by atoms with Gasteiger partial charge in [-0.3, -0.25) is 4.79 Å². The highest BCUT2D eigenvalue weighted by molar-refractivity contribution is 9.10. The third kappa shape index (κ3) is 4.32. The van der Waals surface area contributed by atoms with Gasteiger partial charge in [-0.2, -0.15) is 0 Å². The molecule has 1 saturated heterocycles. The summed E-state index contributed by atoms with van der Waals surface area (Å²) < 4.78 is 0.998. The number of halogens is 1. The Bertz CT molecular complexity index is 413. The molecule has 0 saturated carbocycles. The molecular weight excluding hydrogens is 304 g/mol. The molecule has 1 heterocycles. The van der Waals surface area contributed by atoms with Gasteiger partial charge in [-0.25, -0.2) is 0 Å². The summed E-state index contributed by atoms with van der Waals surface area (Å²) in [5, 5.41) is 3.52. The van der Waals surface area contributed by atoms with Gasteiger partial charge < -0.3 is 10.2 Å². The van der Waals surface area contributed by atoms with Crippen LogP contribution in [0.25, 0.3) is 0 Å². The Morgan fingerprint density at radius 2 is 2.11 bits per heavy atom. The fourth-order valence-electron chi connectivity index (χ4n) is 2.43. The topological polar surface area (TPSA) is 32.3 Å². The van der Waals surface area contributed by atoms with E-state index in [2.05, 4.69) is 21.2 Å². The minimum atomic E-state index is 0.100. The molecule has 1 aliphatic heterocycles. The number of amides is 1. The first-order valence-electron chi connectivity index (χ1n) is 6.91. The summed E-state index contributed by atoms with van der Waals surface area (Å²) in [7, 11) is 1.88. The number of hydrogen-bond acceptors (Lipinski definition) is 2. The van der Waals surface area contributed by atoms with Gasteiger partial charge in [0.1, 0.15) is 0 Å². The summed E-state index contributed by atoms with van der Waals surface area (Å²) >= 11 is 3.38. The van der Waals surface area contributed by atoms with Gasteiger partial charge in [-0.1, -0.05) is 22.4 Å². The molecule has 1 unspecified atom stereocenters. The quantitative estimate of drug-likeness (QED) is 0.923. The van der Waals surface area contributed by atoms with Crippen molar-refractivity contribution >= 4 is 21.8 Å². The highest BCUT2D eigenvalue weighted by Gasteiger charge is 2.16. The molecule has 1 atom stereocenters. The average molecular weight is 325 g/mol. The molecule has 1 amide bonds. The second-order valence-electron chi connectivity index (χ2n) is 5.17. The number of piperidine rings is 1. The van der Waals surface area contributed by atoms with E-state index in [4.69, 9.17) is 0 Å². The molecule has 1 N–H and O–H groups in total. The lowest BCUT2D eigenvalue weighted by Crippen LogP contribution is -2.38. The van der Waals surface area contributed by atoms with E-state index >= 15 is 0 Å². The second kappa shape index (κ2) is 7.06. The van der Waals surface area contributed by atoms with Crippen molar-refractivity contribution in [2.45, 2.75) is 31.7 Å². The maximum Gasteiger partial charge on any atom is 0.253 e. The molecule has 1 aliphatic rings. The van der Waals surface area contributed by atoms with Gasteiger partial charge in [0.05, 0.1) is 0 Å². The van der Waals surface area contributed by atoms with Crippen LogP contribution in [0.5, 0.6) is 0 Å². The van der Waals surface area contributed by atoms with E-state index in [0.29, 0.717) is 6.04 Å². The summed E-state index contributed by atoms with van der Waals surface area (Å²) in [6, 6.07) is 8.12. The number of nitrogens with one attached hydrogen (secondary N) is 1. The van der Waals surface area contributed by atoms with Crippen LogP contribution in [0.15, 0.2) is 28.7 Å². The Hall–Kier alpha value is -0.870. The van der Waals surface area contributed by atoms with Crippen LogP contribution in [0, 0.1) is 0 Å². The van der Waals surface area contributed by atoms with Crippen molar-refractivity contribution in [3.8, 4) is 0 Å². The molecule has 0 spiro atoms. The maximum atomic E-state index is 12.2. The Balaban J connectivity index is 1.83. The first-order chi connectivity index (χ1) is 9.16. The highest BCUT2D eigenvalue weighted by Crippen LogP contribution is 2.13. The summed E-state index contributed by atoms with van der Waals surface area (Å²) in [5.41, 5.74) is 0.752. The van der Waals surface area contributed by atoms with Gasteiger partial charge in [0, 0.05) is 29.7 Å². The molecule has 0 aliphatic carbocycles. The Morgan fingerprint density at radius 1 is 1.37 bits per heavy atom. The Labute approximate surface area is 123 Å². The standard InChI is InChI=1S/C15H21BrN2O/c1-18(11-9-14-4-2-3-10-17-14)15(19)12-5-7-13(16)8-6-12/h5-8,14,17H,2-4,9-11H2,1H3. The zero-order valence-electron chi connectivity index (χ0n) is 11.4. The molecule has 2 rings (SSSR count). The fourth-order valence-corrected chi connectivity index (χ4v) is 2.70. The normalized spacial score (nSPS) is 19.2. The van der Waals surface area contributed by atoms with E-state index in [1.54, 1.807) is 0 Å². The third-order valence-electron chi connectivity index (χ3n) is 3.66. The number of hydrogen-bond donors (Lipinski definition) is 1. The van der Waals surface area contributed by atoms with Crippen LogP contribution in [0.3, 0.4) is 0 Å². The Kier molecular flexibility index (Phi) is 5.40. The zero-order chi connectivity index (χ0) is 13.7. The van der Waals surface area contributed by atoms with Crippen LogP contribution in [-0.2, 0) is 0 Å². The number of nitrogens with zero attached hydrogens (tertiary/aromatic N) is 1. The largest absolute Gasteiger partial charge is 0.342 e. The molecule has 0 aromatic heterocycles. The number of carbonyl (C=O) groups excluding carboxylic acids is 1. The monoisotopic (exact) mass is 324 g/mol. The second-order valence-corrected chi connectivity index (χ2v) is 6.08. The summed E-state index contributed by atoms with van der Waals surface area (Å²) in [5.74, 6) is 0.100. The third-order valence-corrected chi connectivity index (χ3v) is 4.19. The van der Waals surface area contributed by atoms with Gasteiger partial charge in [0.25, 0.3) is 5.91 Å². The minimum absolute atomic E-state index is 0.100. The molecule has 0 radical (unpaired) electrons. The van der Waals surface area contributed by atoms with E-state index in [0.717, 1.165) is 29.5 Å². The minimum Gasteiger partial charge on any atom is -0.342 e. The van der Waals surface area contributed by atoms with Gasteiger partial charge in [0.15, 0.2) is 0 Å². The van der Waals surface area contributed by atoms with Crippen LogP contribution in [0.4, 0.5) is 0 Å². The van der Waals surface area contributed by atoms with E-state index in [-0.39, 0.29) is 5.91 Å². The van der Waals surface area contributed by atoms with Crippen molar-refractivity contribution in [3.63, 3.8) is 0 Å². The lowest BCUT2D eigenvalue weighted by Gasteiger charge is -2.26. The highest BCUT2D eigenvalue weighted by atomic mass is 79.9. The molecule has 104 valence electrons. The van der Waals surface area contributed by atoms with Crippen LogP contribution < -0.4 is 5.32 Å². The first kappa shape index (κ1) is 14.5. The van der Waals surface area contributed by atoms with Crippen LogP contribution in [-0.4, -0.2) is 37.0 Å². The molecular formula is C15H21BrN2O. The first-order valence-corrected chi connectivity index (χ1v) is 7.70. The van der Waals surface area contributed by atoms with Crippen molar-refractivity contribution in [1.29, 1.82) is 0 Å². The maximum absolute atomic E-state index is 12.2. The number of benzene rings is 1. The SMILES string of the molecule is CN(CCC1CCCCN1)C(=O)c1ccc(Br)cc1. The number of rotatable bonds is 4. The number of carbonyl (C=O) groups is 1. The summed E-state index contributed by atoms with van der Waals surface area (Å²) in [6.45, 7) is 1.93. The van der Waals surface area contributed by atoms with E-state index in [1.165, 1.54) is 19.3 Å². The van der Waals surface area contributed by atoms with E-state index < -0.39 is 0 Å². The predicted molar refractivity (Wildman–Crippen MR) is 81.4 cm³/mol. The molecule has 19 heavy (non-hydrogen) atoms. The smallest absolute Gasteiger partial charge is 0.253 e. The molecule has 3 nitrogen and oxygen atoms in total. The summed E-state index contributed by atoms with van der Waals surface area (Å²) in [6.07, 6.45) is 4.87. The van der Waals surface area contributed by atoms with Crippen molar-refractivity contribution in [3.05, 3.63) is 34.3 Å². The average Bonchev–Trinajstić information content (AvgIpc) is 2.46. The zero-order valence-corrected chi connectivity index (χ0v) is 12.9. The van der Waals surface area contributed by atoms with Crippen LogP contribution in [0.1, 0.15) is 36.0 Å². The lowest BCUT2D eigenvalue weighted by molar-refractivity contribution is 0.0788. The van der Waals surface area contributed by atoms with Crippen molar-refractivity contribution in [1.82, 2.24) is 10.2 Å². The molecule has 4 heteroatoms. The molecule has 1 aromatic rings. The Morgan fingerprint density at radius 3 is 2.74 bits per heavy atom. The summed E-state index contributed by atoms with van der Waals surface area (Å²) in [4.78, 5) is 14.0.